The molecule has 1 amide bonds. The van der Waals surface area contributed by atoms with Crippen LogP contribution < -0.4 is 20.2 Å². The van der Waals surface area contributed by atoms with Crippen LogP contribution in [-0.2, 0) is 11.2 Å². The van der Waals surface area contributed by atoms with E-state index in [4.69, 9.17) is 13.9 Å². The topological polar surface area (TPSA) is 77.8 Å². The molecular weight excluding hydrogens is 430 g/mol. The van der Waals surface area contributed by atoms with Crippen LogP contribution in [0.5, 0.6) is 17.2 Å². The first-order chi connectivity index (χ1) is 16.5. The molecule has 6 heteroatoms. The molecule has 0 bridgehead atoms. The van der Waals surface area contributed by atoms with Crippen molar-refractivity contribution in [1.82, 2.24) is 0 Å². The minimum atomic E-state index is -0.278. The Bertz CT molecular complexity index is 1370. The first-order valence-corrected chi connectivity index (χ1v) is 11.3. The second-order valence-electron chi connectivity index (χ2n) is 8.23. The molecule has 0 spiro atoms. The van der Waals surface area contributed by atoms with E-state index in [0.717, 1.165) is 23.2 Å². The number of amides is 1. The highest BCUT2D eigenvalue weighted by Crippen LogP contribution is 2.30. The van der Waals surface area contributed by atoms with E-state index in [0.29, 0.717) is 22.5 Å². The van der Waals surface area contributed by atoms with E-state index < -0.39 is 0 Å². The van der Waals surface area contributed by atoms with Gasteiger partial charge in [-0.05, 0) is 47.7 Å². The Kier molecular flexibility index (Phi) is 6.97. The number of benzene rings is 3. The fraction of sp³-hybridized carbons (Fsp3) is 0.214. The van der Waals surface area contributed by atoms with Crippen LogP contribution in [0.25, 0.3) is 11.0 Å². The summed E-state index contributed by atoms with van der Waals surface area (Å²) in [6, 6.07) is 20.1. The van der Waals surface area contributed by atoms with E-state index in [1.165, 1.54) is 6.26 Å². The van der Waals surface area contributed by atoms with Crippen LogP contribution >= 0.6 is 0 Å². The molecule has 0 radical (unpaired) electrons. The van der Waals surface area contributed by atoms with Crippen LogP contribution in [0, 0.1) is 0 Å². The minimum absolute atomic E-state index is 0.114. The summed E-state index contributed by atoms with van der Waals surface area (Å²) in [4.78, 5) is 25.3. The summed E-state index contributed by atoms with van der Waals surface area (Å²) in [5, 5.41) is 3.24. The third kappa shape index (κ3) is 5.12. The average Bonchev–Trinajstić information content (AvgIpc) is 2.85. The Labute approximate surface area is 198 Å². The van der Waals surface area contributed by atoms with Gasteiger partial charge in [-0.15, -0.1) is 0 Å². The molecule has 0 aliphatic rings. The van der Waals surface area contributed by atoms with Crippen LogP contribution in [0.15, 0.2) is 82.2 Å². The normalized spacial score (nSPS) is 10.9. The quantitative estimate of drug-likeness (QED) is 0.336. The number of hydrogen-bond donors (Lipinski definition) is 1. The van der Waals surface area contributed by atoms with Gasteiger partial charge in [-0.1, -0.05) is 57.2 Å². The van der Waals surface area contributed by atoms with E-state index in [-0.39, 0.29) is 29.6 Å². The van der Waals surface area contributed by atoms with Crippen molar-refractivity contribution < 1.29 is 18.7 Å². The Hall–Kier alpha value is -4.06. The van der Waals surface area contributed by atoms with Gasteiger partial charge >= 0.3 is 0 Å². The smallest absolute Gasteiger partial charge is 0.262 e. The molecule has 0 unspecified atom stereocenters. The Balaban J connectivity index is 1.48. The molecule has 0 aliphatic carbocycles. The van der Waals surface area contributed by atoms with Gasteiger partial charge in [0.15, 0.2) is 6.61 Å². The second-order valence-corrected chi connectivity index (χ2v) is 8.23. The van der Waals surface area contributed by atoms with Crippen molar-refractivity contribution in [2.24, 2.45) is 0 Å². The fourth-order valence-electron chi connectivity index (χ4n) is 3.71. The number of rotatable bonds is 8. The number of ether oxygens (including phenoxy) is 2. The summed E-state index contributed by atoms with van der Waals surface area (Å²) >= 11 is 0. The summed E-state index contributed by atoms with van der Waals surface area (Å²) in [5.41, 5.74) is 2.90. The molecular formula is C28H27NO5. The summed E-state index contributed by atoms with van der Waals surface area (Å²) < 4.78 is 17.2. The van der Waals surface area contributed by atoms with Gasteiger partial charge in [0.05, 0.1) is 5.39 Å². The number of carbonyl (C=O) groups is 1. The highest BCUT2D eigenvalue weighted by molar-refractivity contribution is 5.92. The lowest BCUT2D eigenvalue weighted by Crippen LogP contribution is -2.20. The molecule has 0 atom stereocenters. The van der Waals surface area contributed by atoms with E-state index in [1.807, 2.05) is 55.5 Å². The Morgan fingerprint density at radius 3 is 2.56 bits per heavy atom. The number of hydrogen-bond acceptors (Lipinski definition) is 5. The van der Waals surface area contributed by atoms with E-state index >= 15 is 0 Å². The summed E-state index contributed by atoms with van der Waals surface area (Å²) in [6.07, 6.45) is 2.12. The zero-order valence-electron chi connectivity index (χ0n) is 19.5. The van der Waals surface area contributed by atoms with Crippen LogP contribution in [0.1, 0.15) is 37.8 Å². The van der Waals surface area contributed by atoms with Gasteiger partial charge in [-0.25, -0.2) is 0 Å². The van der Waals surface area contributed by atoms with Crippen LogP contribution in [0.2, 0.25) is 0 Å². The summed E-state index contributed by atoms with van der Waals surface area (Å²) in [5.74, 6) is 1.14. The van der Waals surface area contributed by atoms with Crippen molar-refractivity contribution in [2.45, 2.75) is 33.1 Å². The minimum Gasteiger partial charge on any atom is -0.484 e. The number of fused-ring (bicyclic) bond motifs is 1. The van der Waals surface area contributed by atoms with Gasteiger partial charge < -0.3 is 19.2 Å². The molecule has 1 aromatic heterocycles. The third-order valence-electron chi connectivity index (χ3n) is 5.52. The second kappa shape index (κ2) is 10.3. The molecule has 3 aromatic carbocycles. The van der Waals surface area contributed by atoms with Gasteiger partial charge in [0.1, 0.15) is 23.3 Å². The number of para-hydroxylation sites is 2. The van der Waals surface area contributed by atoms with Gasteiger partial charge in [0, 0.05) is 11.8 Å². The van der Waals surface area contributed by atoms with Gasteiger partial charge in [0.25, 0.3) is 5.91 Å². The Morgan fingerprint density at radius 1 is 1.00 bits per heavy atom. The van der Waals surface area contributed by atoms with E-state index in [1.54, 1.807) is 18.2 Å². The molecule has 1 heterocycles. The van der Waals surface area contributed by atoms with E-state index in [9.17, 15) is 9.59 Å². The molecule has 6 nitrogen and oxygen atoms in total. The molecule has 0 saturated heterocycles. The maximum Gasteiger partial charge on any atom is 0.262 e. The zero-order valence-corrected chi connectivity index (χ0v) is 19.5. The van der Waals surface area contributed by atoms with Crippen molar-refractivity contribution in [3.8, 4) is 17.2 Å². The van der Waals surface area contributed by atoms with Crippen molar-refractivity contribution in [1.29, 1.82) is 0 Å². The maximum absolute atomic E-state index is 13.0. The van der Waals surface area contributed by atoms with E-state index in [2.05, 4.69) is 19.2 Å². The van der Waals surface area contributed by atoms with Gasteiger partial charge in [0.2, 0.25) is 11.2 Å². The third-order valence-corrected chi connectivity index (χ3v) is 5.52. The van der Waals surface area contributed by atoms with Crippen molar-refractivity contribution in [2.75, 3.05) is 11.9 Å². The average molecular weight is 458 g/mol. The number of nitrogens with one attached hydrogen (secondary N) is 1. The molecule has 1 N–H and O–H groups in total. The van der Waals surface area contributed by atoms with Crippen LogP contribution in [-0.4, -0.2) is 12.5 Å². The molecule has 0 saturated carbocycles. The first-order valence-electron chi connectivity index (χ1n) is 11.3. The lowest BCUT2D eigenvalue weighted by molar-refractivity contribution is -0.118. The predicted molar refractivity (Wildman–Crippen MR) is 133 cm³/mol. The largest absolute Gasteiger partial charge is 0.484 e. The lowest BCUT2D eigenvalue weighted by atomic mass is 10.0. The molecule has 0 fully saturated rings. The highest BCUT2D eigenvalue weighted by atomic mass is 16.5. The predicted octanol–water partition coefficient (Wildman–Crippen LogP) is 6.29. The van der Waals surface area contributed by atoms with Crippen molar-refractivity contribution in [3.63, 3.8) is 0 Å². The summed E-state index contributed by atoms with van der Waals surface area (Å²) in [6.45, 7) is 6.00. The molecule has 4 aromatic rings. The molecule has 4 rings (SSSR count). The SMILES string of the molecule is CCc1ccccc1NC(=O)COc1ccc2c(=O)c(Oc3ccccc3C(C)C)coc2c1. The number of carbonyl (C=O) groups excluding carboxylic acids is 1. The zero-order chi connectivity index (χ0) is 24.1. The van der Waals surface area contributed by atoms with Crippen molar-refractivity contribution in [3.05, 3.63) is 94.3 Å². The maximum atomic E-state index is 13.0. The number of aryl methyl sites for hydroxylation is 1. The standard InChI is InChI=1S/C28H27NO5/c1-4-19-9-5-7-11-23(19)29-27(30)17-32-20-13-14-22-25(15-20)33-16-26(28(22)31)34-24-12-8-6-10-21(24)18(2)3/h5-16,18H,4,17H2,1-3H3,(H,29,30). The van der Waals surface area contributed by atoms with Gasteiger partial charge in [-0.2, -0.15) is 0 Å². The molecule has 0 aliphatic heterocycles. The van der Waals surface area contributed by atoms with Crippen LogP contribution in [0.3, 0.4) is 0 Å². The first kappa shape index (κ1) is 23.1. The highest BCUT2D eigenvalue weighted by Gasteiger charge is 2.14. The lowest BCUT2D eigenvalue weighted by Gasteiger charge is -2.13. The Morgan fingerprint density at radius 2 is 1.76 bits per heavy atom. The fourth-order valence-corrected chi connectivity index (χ4v) is 3.71. The molecule has 174 valence electrons. The van der Waals surface area contributed by atoms with Crippen LogP contribution in [0.4, 0.5) is 5.69 Å². The number of anilines is 1. The monoisotopic (exact) mass is 457 g/mol. The molecule has 34 heavy (non-hydrogen) atoms. The summed E-state index contributed by atoms with van der Waals surface area (Å²) in [7, 11) is 0. The van der Waals surface area contributed by atoms with Gasteiger partial charge in [-0.3, -0.25) is 9.59 Å². The van der Waals surface area contributed by atoms with Crippen molar-refractivity contribution >= 4 is 22.6 Å².